The minimum absolute atomic E-state index is 0.0246. The highest BCUT2D eigenvalue weighted by Gasteiger charge is 2.19. The highest BCUT2D eigenvalue weighted by Crippen LogP contribution is 2.20. The van der Waals surface area contributed by atoms with Crippen molar-refractivity contribution in [3.63, 3.8) is 0 Å². The van der Waals surface area contributed by atoms with Gasteiger partial charge in [-0.15, -0.1) is 0 Å². The van der Waals surface area contributed by atoms with Crippen molar-refractivity contribution in [1.82, 2.24) is 9.72 Å². The molecular formula is C17H16N2O4S. The fraction of sp³-hybridized carbons (Fsp3) is 0.176. The molecule has 1 aromatic heterocycles. The third-order valence-electron chi connectivity index (χ3n) is 3.76. The van der Waals surface area contributed by atoms with Crippen molar-refractivity contribution in [3.05, 3.63) is 70.7 Å². The summed E-state index contributed by atoms with van der Waals surface area (Å²) in [6, 6.07) is 15.6. The molecule has 0 atom stereocenters. The molecule has 3 aromatic rings. The largest absolute Gasteiger partial charge is 0.441 e. The summed E-state index contributed by atoms with van der Waals surface area (Å²) in [5, 5.41) is 3.80. The molecule has 6 nitrogen and oxygen atoms in total. The smallest absolute Gasteiger partial charge is 0.295 e. The van der Waals surface area contributed by atoms with Crippen LogP contribution in [-0.4, -0.2) is 23.9 Å². The first-order valence-electron chi connectivity index (χ1n) is 7.39. The summed E-state index contributed by atoms with van der Waals surface area (Å²) in [5.41, 5.74) is 1.66. The number of rotatable bonds is 5. The Balaban J connectivity index is 1.91. The van der Waals surface area contributed by atoms with Gasteiger partial charge in [0.25, 0.3) is 0 Å². The van der Waals surface area contributed by atoms with Crippen LogP contribution < -0.4 is 5.76 Å². The van der Waals surface area contributed by atoms with Gasteiger partial charge in [0.05, 0.1) is 10.6 Å². The second-order valence-corrected chi connectivity index (χ2v) is 7.48. The van der Waals surface area contributed by atoms with E-state index in [1.807, 2.05) is 31.2 Å². The second-order valence-electron chi connectivity index (χ2n) is 5.37. The van der Waals surface area contributed by atoms with Gasteiger partial charge in [-0.1, -0.05) is 47.6 Å². The van der Waals surface area contributed by atoms with Crippen molar-refractivity contribution >= 4 is 9.84 Å². The Hall–Kier alpha value is -2.67. The number of hydrogen-bond acceptors (Lipinski definition) is 5. The average molecular weight is 344 g/mol. The number of hydrogen-bond donors (Lipinski definition) is 0. The standard InChI is InChI=1S/C17H16N2O4S/c1-13-7-5-6-10-15(13)16-18-23-17(20)19(16)11-12-24(21,22)14-8-3-2-4-9-14/h2-10H,11-12H2,1H3. The van der Waals surface area contributed by atoms with Gasteiger partial charge in [-0.25, -0.2) is 13.2 Å². The first kappa shape index (κ1) is 16.2. The van der Waals surface area contributed by atoms with Gasteiger partial charge < -0.3 is 0 Å². The lowest BCUT2D eigenvalue weighted by Gasteiger charge is -2.08. The third kappa shape index (κ3) is 3.16. The van der Waals surface area contributed by atoms with E-state index in [4.69, 9.17) is 4.52 Å². The van der Waals surface area contributed by atoms with Crippen molar-refractivity contribution < 1.29 is 12.9 Å². The van der Waals surface area contributed by atoms with E-state index in [1.54, 1.807) is 18.2 Å². The summed E-state index contributed by atoms with van der Waals surface area (Å²) in [6.07, 6.45) is 0. The number of aromatic nitrogens is 2. The zero-order chi connectivity index (χ0) is 17.2. The molecule has 0 fully saturated rings. The normalized spacial score (nSPS) is 11.5. The lowest BCUT2D eigenvalue weighted by Crippen LogP contribution is -2.21. The molecule has 0 aliphatic rings. The summed E-state index contributed by atoms with van der Waals surface area (Å²) in [5.74, 6) is -0.547. The van der Waals surface area contributed by atoms with E-state index in [0.29, 0.717) is 5.82 Å². The monoisotopic (exact) mass is 344 g/mol. The summed E-state index contributed by atoms with van der Waals surface area (Å²) in [7, 11) is -3.49. The quantitative estimate of drug-likeness (QED) is 0.709. The van der Waals surface area contributed by atoms with Gasteiger partial charge in [0, 0.05) is 12.1 Å². The van der Waals surface area contributed by atoms with Crippen molar-refractivity contribution in [2.75, 3.05) is 5.75 Å². The topological polar surface area (TPSA) is 82.2 Å². The van der Waals surface area contributed by atoms with Gasteiger partial charge in [-0.3, -0.25) is 9.09 Å². The number of benzene rings is 2. The highest BCUT2D eigenvalue weighted by molar-refractivity contribution is 7.91. The zero-order valence-corrected chi connectivity index (χ0v) is 13.9. The molecule has 24 heavy (non-hydrogen) atoms. The minimum Gasteiger partial charge on any atom is -0.295 e. The Kier molecular flexibility index (Phi) is 4.35. The molecule has 0 N–H and O–H groups in total. The predicted molar refractivity (Wildman–Crippen MR) is 89.4 cm³/mol. The van der Waals surface area contributed by atoms with Crippen LogP contribution >= 0.6 is 0 Å². The Morgan fingerprint density at radius 1 is 1.04 bits per heavy atom. The van der Waals surface area contributed by atoms with Gasteiger partial charge in [-0.2, -0.15) is 0 Å². The van der Waals surface area contributed by atoms with E-state index in [9.17, 15) is 13.2 Å². The van der Waals surface area contributed by atoms with Crippen LogP contribution in [0, 0.1) is 6.92 Å². The van der Waals surface area contributed by atoms with Crippen LogP contribution in [-0.2, 0) is 16.4 Å². The molecular weight excluding hydrogens is 328 g/mol. The maximum absolute atomic E-state index is 12.4. The van der Waals surface area contributed by atoms with Gasteiger partial charge in [0.15, 0.2) is 15.7 Å². The Morgan fingerprint density at radius 3 is 2.42 bits per heavy atom. The first-order chi connectivity index (χ1) is 11.5. The molecule has 0 aliphatic carbocycles. The Bertz CT molecular complexity index is 1000. The fourth-order valence-corrected chi connectivity index (χ4v) is 3.67. The fourth-order valence-electron chi connectivity index (χ4n) is 2.44. The summed E-state index contributed by atoms with van der Waals surface area (Å²) in [6.45, 7) is 1.86. The Morgan fingerprint density at radius 2 is 1.71 bits per heavy atom. The molecule has 0 bridgehead atoms. The molecule has 0 saturated carbocycles. The maximum atomic E-state index is 12.4. The number of aryl methyl sites for hydroxylation is 1. The lowest BCUT2D eigenvalue weighted by atomic mass is 10.1. The van der Waals surface area contributed by atoms with Crippen LogP contribution in [0.5, 0.6) is 0 Å². The molecule has 0 unspecified atom stereocenters. The van der Waals surface area contributed by atoms with E-state index in [1.165, 1.54) is 16.7 Å². The van der Waals surface area contributed by atoms with E-state index in [2.05, 4.69) is 5.16 Å². The van der Waals surface area contributed by atoms with E-state index in [-0.39, 0.29) is 17.2 Å². The molecule has 1 heterocycles. The van der Waals surface area contributed by atoms with Crippen molar-refractivity contribution in [2.45, 2.75) is 18.4 Å². The molecule has 2 aromatic carbocycles. The zero-order valence-electron chi connectivity index (χ0n) is 13.0. The Labute approximate surface area is 139 Å². The minimum atomic E-state index is -3.49. The third-order valence-corrected chi connectivity index (χ3v) is 5.47. The van der Waals surface area contributed by atoms with Crippen LogP contribution in [0.4, 0.5) is 0 Å². The van der Waals surface area contributed by atoms with E-state index >= 15 is 0 Å². The molecule has 124 valence electrons. The van der Waals surface area contributed by atoms with Crippen LogP contribution in [0.1, 0.15) is 5.56 Å². The second kappa shape index (κ2) is 6.45. The molecule has 7 heteroatoms. The lowest BCUT2D eigenvalue weighted by molar-refractivity contribution is 0.377. The molecule has 3 rings (SSSR count). The molecule has 0 saturated heterocycles. The van der Waals surface area contributed by atoms with Crippen LogP contribution in [0.2, 0.25) is 0 Å². The molecule has 0 spiro atoms. The van der Waals surface area contributed by atoms with Crippen LogP contribution in [0.3, 0.4) is 0 Å². The SMILES string of the molecule is Cc1ccccc1-c1noc(=O)n1CCS(=O)(=O)c1ccccc1. The van der Waals surface area contributed by atoms with Crippen molar-refractivity contribution in [2.24, 2.45) is 0 Å². The van der Waals surface area contributed by atoms with Gasteiger partial charge in [0.2, 0.25) is 0 Å². The predicted octanol–water partition coefficient (Wildman–Crippen LogP) is 2.29. The summed E-state index contributed by atoms with van der Waals surface area (Å²) in [4.78, 5) is 12.1. The van der Waals surface area contributed by atoms with Gasteiger partial charge >= 0.3 is 5.76 Å². The van der Waals surface area contributed by atoms with Crippen molar-refractivity contribution in [3.8, 4) is 11.4 Å². The maximum Gasteiger partial charge on any atom is 0.441 e. The average Bonchev–Trinajstić information content (AvgIpc) is 2.95. The molecule has 0 amide bonds. The first-order valence-corrected chi connectivity index (χ1v) is 9.04. The van der Waals surface area contributed by atoms with Gasteiger partial charge in [0.1, 0.15) is 0 Å². The summed E-state index contributed by atoms with van der Waals surface area (Å²) >= 11 is 0. The highest BCUT2D eigenvalue weighted by atomic mass is 32.2. The number of nitrogens with zero attached hydrogens (tertiary/aromatic N) is 2. The summed E-state index contributed by atoms with van der Waals surface area (Å²) < 4.78 is 30.8. The molecule has 0 aliphatic heterocycles. The van der Waals surface area contributed by atoms with Gasteiger partial charge in [-0.05, 0) is 24.6 Å². The van der Waals surface area contributed by atoms with Crippen LogP contribution in [0.25, 0.3) is 11.4 Å². The van der Waals surface area contributed by atoms with Crippen LogP contribution in [0.15, 0.2) is 68.8 Å². The van der Waals surface area contributed by atoms with E-state index in [0.717, 1.165) is 11.1 Å². The van der Waals surface area contributed by atoms with E-state index < -0.39 is 15.6 Å². The molecule has 0 radical (unpaired) electrons. The number of sulfone groups is 1. The van der Waals surface area contributed by atoms with Crippen molar-refractivity contribution in [1.29, 1.82) is 0 Å².